The van der Waals surface area contributed by atoms with Gasteiger partial charge in [-0.2, -0.15) is 5.26 Å². The molecule has 4 heteroatoms. The number of carbonyl (C=O) groups excluding carboxylic acids is 1. The number of benzene rings is 1. The maximum absolute atomic E-state index is 12.1. The molecule has 0 aromatic heterocycles. The second kappa shape index (κ2) is 6.72. The Morgan fingerprint density at radius 1 is 1.26 bits per heavy atom. The van der Waals surface area contributed by atoms with E-state index in [1.165, 1.54) is 6.42 Å². The van der Waals surface area contributed by atoms with Crippen LogP contribution in [0, 0.1) is 17.2 Å². The summed E-state index contributed by atoms with van der Waals surface area (Å²) < 4.78 is 0.938. The molecule has 1 saturated carbocycles. The van der Waals surface area contributed by atoms with Crippen molar-refractivity contribution in [2.75, 3.05) is 0 Å². The third kappa shape index (κ3) is 3.81. The molecule has 2 rings (SSSR count). The van der Waals surface area contributed by atoms with Gasteiger partial charge in [0.05, 0.1) is 6.07 Å². The van der Waals surface area contributed by atoms with Crippen LogP contribution in [0.1, 0.15) is 42.5 Å². The first-order chi connectivity index (χ1) is 9.20. The lowest BCUT2D eigenvalue weighted by atomic mass is 9.84. The predicted molar refractivity (Wildman–Crippen MR) is 77.6 cm³/mol. The van der Waals surface area contributed by atoms with Crippen LogP contribution in [0.2, 0.25) is 0 Å². The number of nitrogens with zero attached hydrogens (tertiary/aromatic N) is 1. The maximum atomic E-state index is 12.1. The molecule has 1 amide bonds. The molecular weight excluding hydrogens is 304 g/mol. The van der Waals surface area contributed by atoms with Gasteiger partial charge in [0.15, 0.2) is 0 Å². The Labute approximate surface area is 122 Å². The molecule has 0 aliphatic heterocycles. The van der Waals surface area contributed by atoms with E-state index in [0.717, 1.165) is 30.2 Å². The maximum Gasteiger partial charge on any atom is 0.252 e. The summed E-state index contributed by atoms with van der Waals surface area (Å²) in [6.07, 6.45) is 5.65. The highest BCUT2D eigenvalue weighted by molar-refractivity contribution is 9.10. The van der Waals surface area contributed by atoms with Crippen LogP contribution in [0.15, 0.2) is 28.7 Å². The van der Waals surface area contributed by atoms with E-state index in [4.69, 9.17) is 0 Å². The van der Waals surface area contributed by atoms with Crippen LogP contribution in [0.4, 0.5) is 0 Å². The summed E-state index contributed by atoms with van der Waals surface area (Å²) in [4.78, 5) is 12.1. The molecule has 1 aliphatic rings. The summed E-state index contributed by atoms with van der Waals surface area (Å²) in [6.45, 7) is 0. The minimum absolute atomic E-state index is 0.162. The number of rotatable bonds is 3. The van der Waals surface area contributed by atoms with Crippen molar-refractivity contribution in [1.29, 1.82) is 5.26 Å². The number of nitrogens with one attached hydrogen (secondary N) is 1. The fourth-order valence-electron chi connectivity index (χ4n) is 2.55. The first kappa shape index (κ1) is 14.1. The lowest BCUT2D eigenvalue weighted by Gasteiger charge is -2.26. The third-order valence-electron chi connectivity index (χ3n) is 3.65. The second-order valence-electron chi connectivity index (χ2n) is 4.99. The minimum Gasteiger partial charge on any atom is -0.336 e. The van der Waals surface area contributed by atoms with Gasteiger partial charge >= 0.3 is 0 Å². The van der Waals surface area contributed by atoms with E-state index in [9.17, 15) is 10.1 Å². The minimum atomic E-state index is -0.364. The van der Waals surface area contributed by atoms with E-state index in [-0.39, 0.29) is 11.9 Å². The standard InChI is InChI=1S/C15H17BrN2O/c16-13-8-6-12(7-9-13)15(19)18-14(10-17)11-4-2-1-3-5-11/h6-9,11,14H,1-5H2,(H,18,19). The van der Waals surface area contributed by atoms with Crippen molar-refractivity contribution in [1.82, 2.24) is 5.32 Å². The number of hydrogen-bond acceptors (Lipinski definition) is 2. The Morgan fingerprint density at radius 3 is 2.47 bits per heavy atom. The first-order valence-corrected chi connectivity index (χ1v) is 7.46. The quantitative estimate of drug-likeness (QED) is 0.924. The lowest BCUT2D eigenvalue weighted by Crippen LogP contribution is -2.40. The zero-order valence-electron chi connectivity index (χ0n) is 10.7. The van der Waals surface area contributed by atoms with Gasteiger partial charge < -0.3 is 5.32 Å². The Bertz CT molecular complexity index is 472. The zero-order valence-corrected chi connectivity index (χ0v) is 12.3. The van der Waals surface area contributed by atoms with Gasteiger partial charge in [0.25, 0.3) is 5.91 Å². The van der Waals surface area contributed by atoms with Gasteiger partial charge in [-0.1, -0.05) is 35.2 Å². The average Bonchev–Trinajstić information content (AvgIpc) is 2.46. The molecule has 1 atom stereocenters. The van der Waals surface area contributed by atoms with Gasteiger partial charge in [-0.3, -0.25) is 4.79 Å². The van der Waals surface area contributed by atoms with Gasteiger partial charge in [0.1, 0.15) is 6.04 Å². The van der Waals surface area contributed by atoms with Crippen molar-refractivity contribution in [3.05, 3.63) is 34.3 Å². The first-order valence-electron chi connectivity index (χ1n) is 6.67. The molecule has 0 radical (unpaired) electrons. The van der Waals surface area contributed by atoms with Crippen molar-refractivity contribution in [3.8, 4) is 6.07 Å². The van der Waals surface area contributed by atoms with Crippen LogP contribution in [0.25, 0.3) is 0 Å². The summed E-state index contributed by atoms with van der Waals surface area (Å²) >= 11 is 3.34. The van der Waals surface area contributed by atoms with Crippen LogP contribution in [-0.2, 0) is 0 Å². The smallest absolute Gasteiger partial charge is 0.252 e. The van der Waals surface area contributed by atoms with Gasteiger partial charge in [0.2, 0.25) is 0 Å². The number of amides is 1. The largest absolute Gasteiger partial charge is 0.336 e. The number of halogens is 1. The number of carbonyl (C=O) groups is 1. The topological polar surface area (TPSA) is 52.9 Å². The summed E-state index contributed by atoms with van der Waals surface area (Å²) in [6, 6.07) is 9.06. The van der Waals surface area contributed by atoms with Crippen LogP contribution < -0.4 is 5.32 Å². The van der Waals surface area contributed by atoms with Crippen LogP contribution >= 0.6 is 15.9 Å². The number of nitriles is 1. The van der Waals surface area contributed by atoms with Gasteiger partial charge in [0, 0.05) is 10.0 Å². The Morgan fingerprint density at radius 2 is 1.89 bits per heavy atom. The SMILES string of the molecule is N#CC(NC(=O)c1ccc(Br)cc1)C1CCCCC1. The normalized spacial score (nSPS) is 17.5. The highest BCUT2D eigenvalue weighted by Gasteiger charge is 2.25. The summed E-state index contributed by atoms with van der Waals surface area (Å²) in [5.41, 5.74) is 0.597. The summed E-state index contributed by atoms with van der Waals surface area (Å²) in [5, 5.41) is 12.1. The van der Waals surface area contributed by atoms with Crippen molar-refractivity contribution in [3.63, 3.8) is 0 Å². The number of hydrogen-bond donors (Lipinski definition) is 1. The van der Waals surface area contributed by atoms with E-state index < -0.39 is 0 Å². The van der Waals surface area contributed by atoms with Gasteiger partial charge in [-0.05, 0) is 43.0 Å². The van der Waals surface area contributed by atoms with E-state index in [1.54, 1.807) is 12.1 Å². The third-order valence-corrected chi connectivity index (χ3v) is 4.18. The van der Waals surface area contributed by atoms with Crippen molar-refractivity contribution in [2.24, 2.45) is 5.92 Å². The van der Waals surface area contributed by atoms with E-state index >= 15 is 0 Å². The van der Waals surface area contributed by atoms with E-state index in [2.05, 4.69) is 27.3 Å². The highest BCUT2D eigenvalue weighted by Crippen LogP contribution is 2.26. The molecular formula is C15H17BrN2O. The Balaban J connectivity index is 1.99. The van der Waals surface area contributed by atoms with Crippen LogP contribution in [0.3, 0.4) is 0 Å². The molecule has 3 nitrogen and oxygen atoms in total. The molecule has 0 bridgehead atoms. The molecule has 0 spiro atoms. The molecule has 1 fully saturated rings. The summed E-state index contributed by atoms with van der Waals surface area (Å²) in [5.74, 6) is 0.141. The Kier molecular flexibility index (Phi) is 4.98. The molecule has 100 valence electrons. The molecule has 0 heterocycles. The molecule has 1 unspecified atom stereocenters. The van der Waals surface area contributed by atoms with Gasteiger partial charge in [-0.25, -0.2) is 0 Å². The molecule has 1 aliphatic carbocycles. The van der Waals surface area contributed by atoms with Crippen LogP contribution in [-0.4, -0.2) is 11.9 Å². The Hall–Kier alpha value is -1.34. The van der Waals surface area contributed by atoms with E-state index in [0.29, 0.717) is 11.5 Å². The molecule has 0 saturated heterocycles. The molecule has 1 aromatic rings. The molecule has 19 heavy (non-hydrogen) atoms. The van der Waals surface area contributed by atoms with Gasteiger partial charge in [-0.15, -0.1) is 0 Å². The predicted octanol–water partition coefficient (Wildman–Crippen LogP) is 3.65. The molecule has 1 N–H and O–H groups in total. The monoisotopic (exact) mass is 320 g/mol. The lowest BCUT2D eigenvalue weighted by molar-refractivity contribution is 0.0929. The van der Waals surface area contributed by atoms with Crippen LogP contribution in [0.5, 0.6) is 0 Å². The van der Waals surface area contributed by atoms with Crippen molar-refractivity contribution in [2.45, 2.75) is 38.1 Å². The zero-order chi connectivity index (χ0) is 13.7. The van der Waals surface area contributed by atoms with Crippen molar-refractivity contribution < 1.29 is 4.79 Å². The fraction of sp³-hybridized carbons (Fsp3) is 0.467. The van der Waals surface area contributed by atoms with Crippen molar-refractivity contribution >= 4 is 21.8 Å². The fourth-order valence-corrected chi connectivity index (χ4v) is 2.81. The highest BCUT2D eigenvalue weighted by atomic mass is 79.9. The summed E-state index contributed by atoms with van der Waals surface area (Å²) in [7, 11) is 0. The average molecular weight is 321 g/mol. The molecule has 1 aromatic carbocycles. The second-order valence-corrected chi connectivity index (χ2v) is 5.90. The van der Waals surface area contributed by atoms with E-state index in [1.807, 2.05) is 12.1 Å².